The number of benzene rings is 1. The highest BCUT2D eigenvalue weighted by Crippen LogP contribution is 2.17. The molecule has 1 aliphatic rings. The predicted octanol–water partition coefficient (Wildman–Crippen LogP) is 3.51. The zero-order chi connectivity index (χ0) is 16.8. The lowest BCUT2D eigenvalue weighted by Gasteiger charge is -2.24. The third-order valence-electron chi connectivity index (χ3n) is 3.94. The highest BCUT2D eigenvalue weighted by molar-refractivity contribution is 7.09. The molecule has 0 bridgehead atoms. The molecule has 3 rings (SSSR count). The molecule has 24 heavy (non-hydrogen) atoms. The van der Waals surface area contributed by atoms with E-state index in [1.54, 1.807) is 23.5 Å². The Morgan fingerprint density at radius 3 is 2.83 bits per heavy atom. The van der Waals surface area contributed by atoms with Gasteiger partial charge in [0, 0.05) is 30.3 Å². The Kier molecular flexibility index (Phi) is 5.96. The van der Waals surface area contributed by atoms with E-state index in [-0.39, 0.29) is 24.4 Å². The predicted molar refractivity (Wildman–Crippen MR) is 93.6 cm³/mol. The Bertz CT molecular complexity index is 640. The minimum Gasteiger partial charge on any atom is -0.377 e. The first kappa shape index (κ1) is 17.1. The molecule has 1 atom stereocenters. The van der Waals surface area contributed by atoms with E-state index in [9.17, 15) is 9.18 Å². The average molecular weight is 348 g/mol. The summed E-state index contributed by atoms with van der Waals surface area (Å²) < 4.78 is 18.6. The Morgan fingerprint density at radius 1 is 1.33 bits per heavy atom. The molecule has 0 aliphatic carbocycles. The molecule has 2 aromatic rings. The second kappa shape index (κ2) is 8.37. The normalized spacial score (nSPS) is 17.3. The van der Waals surface area contributed by atoms with Gasteiger partial charge in [0.1, 0.15) is 5.82 Å². The molecular weight excluding hydrogens is 327 g/mol. The Morgan fingerprint density at radius 2 is 2.17 bits per heavy atom. The third kappa shape index (κ3) is 5.12. The molecule has 6 heteroatoms. The largest absolute Gasteiger partial charge is 0.377 e. The highest BCUT2D eigenvalue weighted by atomic mass is 32.1. The van der Waals surface area contributed by atoms with Crippen LogP contribution >= 0.6 is 11.3 Å². The van der Waals surface area contributed by atoms with E-state index in [0.717, 1.165) is 32.5 Å². The molecular formula is C18H21FN2O2S. The van der Waals surface area contributed by atoms with Gasteiger partial charge in [0.15, 0.2) is 0 Å². The summed E-state index contributed by atoms with van der Waals surface area (Å²) >= 11 is 1.69. The molecule has 4 nitrogen and oxygen atoms in total. The number of halogens is 1. The van der Waals surface area contributed by atoms with E-state index in [2.05, 4.69) is 16.3 Å². The number of ether oxygens (including phenoxy) is 1. The number of rotatable bonds is 7. The monoisotopic (exact) mass is 348 g/mol. The van der Waals surface area contributed by atoms with Crippen molar-refractivity contribution in [2.45, 2.75) is 25.5 Å². The van der Waals surface area contributed by atoms with Gasteiger partial charge in [0.2, 0.25) is 5.91 Å². The van der Waals surface area contributed by atoms with Gasteiger partial charge < -0.3 is 10.1 Å². The van der Waals surface area contributed by atoms with E-state index in [4.69, 9.17) is 4.74 Å². The van der Waals surface area contributed by atoms with Gasteiger partial charge in [-0.25, -0.2) is 4.39 Å². The van der Waals surface area contributed by atoms with Gasteiger partial charge in [-0.1, -0.05) is 6.07 Å². The molecule has 1 aliphatic heterocycles. The first-order valence-electron chi connectivity index (χ1n) is 8.11. The molecule has 1 saturated heterocycles. The van der Waals surface area contributed by atoms with E-state index < -0.39 is 0 Å². The number of hydrogen-bond donors (Lipinski definition) is 1. The lowest BCUT2D eigenvalue weighted by molar-refractivity contribution is -0.117. The first-order valence-corrected chi connectivity index (χ1v) is 8.99. The second-order valence-electron chi connectivity index (χ2n) is 5.94. The maximum Gasteiger partial charge on any atom is 0.238 e. The van der Waals surface area contributed by atoms with Crippen molar-refractivity contribution in [2.24, 2.45) is 0 Å². The van der Waals surface area contributed by atoms with E-state index >= 15 is 0 Å². The van der Waals surface area contributed by atoms with Crippen molar-refractivity contribution in [3.05, 3.63) is 52.5 Å². The van der Waals surface area contributed by atoms with Crippen LogP contribution < -0.4 is 5.32 Å². The van der Waals surface area contributed by atoms with Gasteiger partial charge in [-0.3, -0.25) is 9.69 Å². The summed E-state index contributed by atoms with van der Waals surface area (Å²) in [7, 11) is 0. The SMILES string of the molecule is O=C(CN(Cc1cccs1)C[C@@H]1CCCO1)Nc1ccc(F)cc1. The van der Waals surface area contributed by atoms with Crippen LogP contribution in [-0.4, -0.2) is 36.6 Å². The zero-order valence-electron chi connectivity index (χ0n) is 13.4. The van der Waals surface area contributed by atoms with Crippen molar-refractivity contribution in [2.75, 3.05) is 25.0 Å². The van der Waals surface area contributed by atoms with E-state index in [0.29, 0.717) is 5.69 Å². The molecule has 2 heterocycles. The molecule has 0 unspecified atom stereocenters. The van der Waals surface area contributed by atoms with Crippen molar-refractivity contribution in [3.8, 4) is 0 Å². The lowest BCUT2D eigenvalue weighted by atomic mass is 10.2. The van der Waals surface area contributed by atoms with E-state index in [1.165, 1.54) is 17.0 Å². The van der Waals surface area contributed by atoms with Crippen molar-refractivity contribution < 1.29 is 13.9 Å². The molecule has 0 spiro atoms. The van der Waals surface area contributed by atoms with Gasteiger partial charge in [-0.05, 0) is 48.6 Å². The van der Waals surface area contributed by atoms with Crippen LogP contribution in [0.2, 0.25) is 0 Å². The highest BCUT2D eigenvalue weighted by Gasteiger charge is 2.21. The summed E-state index contributed by atoms with van der Waals surface area (Å²) in [6, 6.07) is 9.90. The fraction of sp³-hybridized carbons (Fsp3) is 0.389. The number of carbonyl (C=O) groups is 1. The standard InChI is InChI=1S/C18H21FN2O2S/c19-14-5-7-15(8-6-14)20-18(22)13-21(11-16-3-1-9-23-16)12-17-4-2-10-24-17/h2,4-8,10,16H,1,3,9,11-13H2,(H,20,22)/t16-/m0/s1. The zero-order valence-corrected chi connectivity index (χ0v) is 14.2. The fourth-order valence-corrected chi connectivity index (χ4v) is 3.57. The first-order chi connectivity index (χ1) is 11.7. The summed E-state index contributed by atoms with van der Waals surface area (Å²) in [5.74, 6) is -0.415. The summed E-state index contributed by atoms with van der Waals surface area (Å²) in [5, 5.41) is 4.86. The molecule has 0 saturated carbocycles. The van der Waals surface area contributed by atoms with Gasteiger partial charge in [0.25, 0.3) is 0 Å². The maximum atomic E-state index is 12.9. The number of hydrogen-bond acceptors (Lipinski definition) is 4. The van der Waals surface area contributed by atoms with Crippen molar-refractivity contribution in [3.63, 3.8) is 0 Å². The summed E-state index contributed by atoms with van der Waals surface area (Å²) in [6.07, 6.45) is 2.32. The Labute approximate surface area is 145 Å². The minimum atomic E-state index is -0.314. The maximum absolute atomic E-state index is 12.9. The smallest absolute Gasteiger partial charge is 0.238 e. The third-order valence-corrected chi connectivity index (χ3v) is 4.80. The van der Waals surface area contributed by atoms with Gasteiger partial charge >= 0.3 is 0 Å². The molecule has 1 aromatic carbocycles. The summed E-state index contributed by atoms with van der Waals surface area (Å²) in [6.45, 7) is 2.57. The van der Waals surface area contributed by atoms with Gasteiger partial charge in [-0.2, -0.15) is 0 Å². The van der Waals surface area contributed by atoms with Crippen LogP contribution in [0.25, 0.3) is 0 Å². The second-order valence-corrected chi connectivity index (χ2v) is 6.97. The van der Waals surface area contributed by atoms with Crippen molar-refractivity contribution >= 4 is 22.9 Å². The molecule has 0 radical (unpaired) electrons. The Hall–Kier alpha value is -1.76. The van der Waals surface area contributed by atoms with Crippen LogP contribution in [0.1, 0.15) is 17.7 Å². The number of thiophene rings is 1. The lowest BCUT2D eigenvalue weighted by Crippen LogP contribution is -2.37. The van der Waals surface area contributed by atoms with Crippen LogP contribution in [0.4, 0.5) is 10.1 Å². The molecule has 1 fully saturated rings. The molecule has 128 valence electrons. The van der Waals surface area contributed by atoms with Crippen LogP contribution in [0.15, 0.2) is 41.8 Å². The minimum absolute atomic E-state index is 0.101. The topological polar surface area (TPSA) is 41.6 Å². The quantitative estimate of drug-likeness (QED) is 0.833. The number of carbonyl (C=O) groups excluding carboxylic acids is 1. The van der Waals surface area contributed by atoms with Gasteiger partial charge in [-0.15, -0.1) is 11.3 Å². The number of anilines is 1. The van der Waals surface area contributed by atoms with Crippen molar-refractivity contribution in [1.82, 2.24) is 4.90 Å². The fourth-order valence-electron chi connectivity index (χ4n) is 2.82. The van der Waals surface area contributed by atoms with Crippen molar-refractivity contribution in [1.29, 1.82) is 0 Å². The van der Waals surface area contributed by atoms with Crippen LogP contribution in [0.5, 0.6) is 0 Å². The summed E-state index contributed by atoms with van der Waals surface area (Å²) in [4.78, 5) is 15.7. The van der Waals surface area contributed by atoms with Crippen LogP contribution in [-0.2, 0) is 16.1 Å². The van der Waals surface area contributed by atoms with Crippen LogP contribution in [0, 0.1) is 5.82 Å². The average Bonchev–Trinajstić information content (AvgIpc) is 3.23. The number of nitrogens with one attached hydrogen (secondary N) is 1. The van der Waals surface area contributed by atoms with E-state index in [1.807, 2.05) is 11.4 Å². The molecule has 1 amide bonds. The summed E-state index contributed by atoms with van der Waals surface area (Å²) in [5.41, 5.74) is 0.606. The van der Waals surface area contributed by atoms with Gasteiger partial charge in [0.05, 0.1) is 12.6 Å². The van der Waals surface area contributed by atoms with Crippen LogP contribution in [0.3, 0.4) is 0 Å². The Balaban J connectivity index is 1.58. The number of nitrogens with zero attached hydrogens (tertiary/aromatic N) is 1. The number of amides is 1. The molecule has 1 N–H and O–H groups in total. The molecule has 1 aromatic heterocycles.